The van der Waals surface area contributed by atoms with Crippen molar-refractivity contribution in [2.24, 2.45) is 0 Å². The Morgan fingerprint density at radius 1 is 1.12 bits per heavy atom. The molecule has 5 heteroatoms. The van der Waals surface area contributed by atoms with Gasteiger partial charge in [0, 0.05) is 37.5 Å². The Balaban J connectivity index is 1.62. The third-order valence-electron chi connectivity index (χ3n) is 5.16. The van der Waals surface area contributed by atoms with Crippen LogP contribution in [0.3, 0.4) is 0 Å². The Bertz CT molecular complexity index is 761. The number of fused-ring (bicyclic) bond motifs is 1. The summed E-state index contributed by atoms with van der Waals surface area (Å²) in [6, 6.07) is 9.88. The van der Waals surface area contributed by atoms with Crippen LogP contribution in [0.15, 0.2) is 36.5 Å². The molecule has 138 valence electrons. The Morgan fingerprint density at radius 3 is 2.58 bits per heavy atom. The lowest BCUT2D eigenvalue weighted by Crippen LogP contribution is -2.40. The minimum Gasteiger partial charge on any atom is -0.339 e. The molecule has 26 heavy (non-hydrogen) atoms. The number of hydrogen-bond donors (Lipinski definition) is 1. The molecule has 1 heterocycles. The fourth-order valence-electron chi connectivity index (χ4n) is 3.81. The molecule has 3 rings (SSSR count). The fourth-order valence-corrected chi connectivity index (χ4v) is 3.81. The summed E-state index contributed by atoms with van der Waals surface area (Å²) in [7, 11) is 0. The van der Waals surface area contributed by atoms with Gasteiger partial charge >= 0.3 is 0 Å². The molecular weight excluding hydrogens is 326 g/mol. The van der Waals surface area contributed by atoms with Crippen molar-refractivity contribution in [1.82, 2.24) is 9.88 Å². The lowest BCUT2D eigenvalue weighted by atomic mass is 10.1. The van der Waals surface area contributed by atoms with E-state index in [2.05, 4.69) is 10.3 Å². The van der Waals surface area contributed by atoms with Crippen molar-refractivity contribution in [3.8, 4) is 0 Å². The number of aromatic nitrogens is 1. The van der Waals surface area contributed by atoms with Gasteiger partial charge in [0.05, 0.1) is 11.2 Å². The zero-order valence-corrected chi connectivity index (χ0v) is 15.4. The SMILES string of the molecule is CC(=O)N(CCC(=O)Nc1cccc2cccnc12)C1CCCCCC1. The number of anilines is 1. The van der Waals surface area contributed by atoms with Crippen LogP contribution in [0.25, 0.3) is 10.9 Å². The first-order valence-corrected chi connectivity index (χ1v) is 9.56. The number of para-hydroxylation sites is 1. The smallest absolute Gasteiger partial charge is 0.226 e. The number of carbonyl (C=O) groups is 2. The van der Waals surface area contributed by atoms with Crippen molar-refractivity contribution >= 4 is 28.4 Å². The highest BCUT2D eigenvalue weighted by atomic mass is 16.2. The van der Waals surface area contributed by atoms with E-state index >= 15 is 0 Å². The Hall–Kier alpha value is -2.43. The van der Waals surface area contributed by atoms with E-state index in [1.165, 1.54) is 25.7 Å². The maximum atomic E-state index is 12.5. The van der Waals surface area contributed by atoms with E-state index in [9.17, 15) is 9.59 Å². The first-order valence-electron chi connectivity index (χ1n) is 9.56. The van der Waals surface area contributed by atoms with Gasteiger partial charge in [0.25, 0.3) is 0 Å². The molecule has 0 saturated heterocycles. The van der Waals surface area contributed by atoms with Gasteiger partial charge in [-0.2, -0.15) is 0 Å². The van der Waals surface area contributed by atoms with E-state index in [4.69, 9.17) is 0 Å². The normalized spacial score (nSPS) is 15.4. The third-order valence-corrected chi connectivity index (χ3v) is 5.16. The lowest BCUT2D eigenvalue weighted by molar-refractivity contribution is -0.131. The molecule has 0 bridgehead atoms. The number of hydrogen-bond acceptors (Lipinski definition) is 3. The molecule has 0 atom stereocenters. The molecule has 1 fully saturated rings. The van der Waals surface area contributed by atoms with Crippen molar-refractivity contribution in [1.29, 1.82) is 0 Å². The third kappa shape index (κ3) is 4.59. The monoisotopic (exact) mass is 353 g/mol. The van der Waals surface area contributed by atoms with Gasteiger partial charge in [-0.05, 0) is 25.0 Å². The number of benzene rings is 1. The molecular formula is C21H27N3O2. The van der Waals surface area contributed by atoms with E-state index in [0.717, 1.165) is 29.4 Å². The van der Waals surface area contributed by atoms with Gasteiger partial charge in [-0.15, -0.1) is 0 Å². The summed E-state index contributed by atoms with van der Waals surface area (Å²) < 4.78 is 0. The highest BCUT2D eigenvalue weighted by Gasteiger charge is 2.22. The predicted octanol–water partition coefficient (Wildman–Crippen LogP) is 4.13. The summed E-state index contributed by atoms with van der Waals surface area (Å²) in [6.07, 6.45) is 8.96. The molecule has 0 spiro atoms. The van der Waals surface area contributed by atoms with E-state index in [0.29, 0.717) is 13.0 Å². The molecule has 5 nitrogen and oxygen atoms in total. The summed E-state index contributed by atoms with van der Waals surface area (Å²) in [4.78, 5) is 30.8. The second-order valence-electron chi connectivity index (χ2n) is 7.04. The molecule has 0 radical (unpaired) electrons. The van der Waals surface area contributed by atoms with Crippen molar-refractivity contribution in [3.05, 3.63) is 36.5 Å². The second-order valence-corrected chi connectivity index (χ2v) is 7.04. The Kier molecular flexibility index (Phi) is 6.21. The van der Waals surface area contributed by atoms with E-state index in [-0.39, 0.29) is 17.9 Å². The molecule has 1 aliphatic rings. The number of rotatable bonds is 5. The van der Waals surface area contributed by atoms with Gasteiger partial charge in [0.15, 0.2) is 0 Å². The van der Waals surface area contributed by atoms with Gasteiger partial charge in [-0.1, -0.05) is 43.9 Å². The van der Waals surface area contributed by atoms with Gasteiger partial charge in [-0.3, -0.25) is 14.6 Å². The molecule has 1 aromatic heterocycles. The molecule has 1 aromatic carbocycles. The molecule has 1 N–H and O–H groups in total. The topological polar surface area (TPSA) is 62.3 Å². The van der Waals surface area contributed by atoms with Crippen LogP contribution in [-0.4, -0.2) is 34.3 Å². The molecule has 0 aliphatic heterocycles. The van der Waals surface area contributed by atoms with Gasteiger partial charge in [0.1, 0.15) is 0 Å². The minimum absolute atomic E-state index is 0.0662. The summed E-state index contributed by atoms with van der Waals surface area (Å²) >= 11 is 0. The summed E-state index contributed by atoms with van der Waals surface area (Å²) in [5, 5.41) is 3.95. The highest BCUT2D eigenvalue weighted by molar-refractivity contribution is 6.00. The van der Waals surface area contributed by atoms with Crippen molar-refractivity contribution < 1.29 is 9.59 Å². The zero-order chi connectivity index (χ0) is 18.4. The van der Waals surface area contributed by atoms with E-state index < -0.39 is 0 Å². The second kappa shape index (κ2) is 8.79. The molecule has 0 unspecified atom stereocenters. The van der Waals surface area contributed by atoms with E-state index in [1.54, 1.807) is 13.1 Å². The molecule has 2 amide bonds. The largest absolute Gasteiger partial charge is 0.339 e. The number of nitrogens with one attached hydrogen (secondary N) is 1. The Morgan fingerprint density at radius 2 is 1.85 bits per heavy atom. The van der Waals surface area contributed by atoms with Crippen LogP contribution >= 0.6 is 0 Å². The molecule has 2 aromatic rings. The fraction of sp³-hybridized carbons (Fsp3) is 0.476. The van der Waals surface area contributed by atoms with Crippen LogP contribution in [0.1, 0.15) is 51.9 Å². The standard InChI is InChI=1S/C21H27N3O2/c1-16(25)24(18-10-4-2-3-5-11-18)15-13-20(26)23-19-12-6-8-17-9-7-14-22-21(17)19/h6-9,12,14,18H,2-5,10-11,13,15H2,1H3,(H,23,26). The maximum absolute atomic E-state index is 12.5. The summed E-state index contributed by atoms with van der Waals surface area (Å²) in [5.41, 5.74) is 1.51. The number of pyridine rings is 1. The lowest BCUT2D eigenvalue weighted by Gasteiger charge is -2.30. The van der Waals surface area contributed by atoms with Crippen molar-refractivity contribution in [3.63, 3.8) is 0 Å². The van der Waals surface area contributed by atoms with Crippen LogP contribution < -0.4 is 5.32 Å². The number of carbonyl (C=O) groups excluding carboxylic acids is 2. The Labute approximate surface area is 154 Å². The van der Waals surface area contributed by atoms with E-state index in [1.807, 2.05) is 35.2 Å². The van der Waals surface area contributed by atoms with Crippen LogP contribution in [0.4, 0.5) is 5.69 Å². The first kappa shape index (κ1) is 18.4. The van der Waals surface area contributed by atoms with Crippen molar-refractivity contribution in [2.75, 3.05) is 11.9 Å². The van der Waals surface area contributed by atoms with Gasteiger partial charge < -0.3 is 10.2 Å². The first-order chi connectivity index (χ1) is 12.6. The van der Waals surface area contributed by atoms with Crippen LogP contribution in [0, 0.1) is 0 Å². The molecule has 1 saturated carbocycles. The average molecular weight is 353 g/mol. The van der Waals surface area contributed by atoms with Crippen molar-refractivity contribution in [2.45, 2.75) is 57.9 Å². The highest BCUT2D eigenvalue weighted by Crippen LogP contribution is 2.23. The van der Waals surface area contributed by atoms with Crippen LogP contribution in [-0.2, 0) is 9.59 Å². The average Bonchev–Trinajstić information content (AvgIpc) is 2.91. The summed E-state index contributed by atoms with van der Waals surface area (Å²) in [6.45, 7) is 2.08. The maximum Gasteiger partial charge on any atom is 0.226 e. The van der Waals surface area contributed by atoms with Gasteiger partial charge in [0.2, 0.25) is 11.8 Å². The summed E-state index contributed by atoms with van der Waals surface area (Å²) in [5.74, 6) is -0.0143. The predicted molar refractivity (Wildman–Crippen MR) is 104 cm³/mol. The zero-order valence-electron chi connectivity index (χ0n) is 15.4. The van der Waals surface area contributed by atoms with Crippen LogP contribution in [0.5, 0.6) is 0 Å². The minimum atomic E-state index is -0.0805. The number of nitrogens with zero attached hydrogens (tertiary/aromatic N) is 2. The van der Waals surface area contributed by atoms with Crippen LogP contribution in [0.2, 0.25) is 0 Å². The number of amides is 2. The quantitative estimate of drug-likeness (QED) is 0.822. The van der Waals surface area contributed by atoms with Gasteiger partial charge in [-0.25, -0.2) is 0 Å². The molecule has 1 aliphatic carbocycles.